The van der Waals surface area contributed by atoms with Gasteiger partial charge in [0.05, 0.1) is 36.3 Å². The fraction of sp³-hybridized carbons (Fsp3) is 0.564. The van der Waals surface area contributed by atoms with Crippen molar-refractivity contribution >= 4 is 34.5 Å². The third-order valence-electron chi connectivity index (χ3n) is 10.3. The van der Waals surface area contributed by atoms with E-state index in [1.54, 1.807) is 0 Å². The zero-order chi connectivity index (χ0) is 37.2. The predicted molar refractivity (Wildman–Crippen MR) is 200 cm³/mol. The van der Waals surface area contributed by atoms with Gasteiger partial charge in [0.25, 0.3) is 0 Å². The fourth-order valence-electron chi connectivity index (χ4n) is 7.49. The number of benzene rings is 2. The average Bonchev–Trinajstić information content (AvgIpc) is 3.88. The van der Waals surface area contributed by atoms with E-state index >= 15 is 0 Å². The molecule has 2 fully saturated rings. The number of nitriles is 1. The molecular formula is C39H52N8O5. The lowest BCUT2D eigenvalue weighted by molar-refractivity contribution is 0.00526. The molecular weight excluding hydrogens is 660 g/mol. The Kier molecular flexibility index (Phi) is 10.7. The number of carbonyl (C=O) groups is 2. The number of anilines is 2. The van der Waals surface area contributed by atoms with Gasteiger partial charge in [0.1, 0.15) is 18.0 Å². The quantitative estimate of drug-likeness (QED) is 0.263. The summed E-state index contributed by atoms with van der Waals surface area (Å²) in [6.45, 7) is 11.7. The van der Waals surface area contributed by atoms with Crippen LogP contribution in [0.5, 0.6) is 6.01 Å². The van der Waals surface area contributed by atoms with E-state index in [0.717, 1.165) is 55.1 Å². The van der Waals surface area contributed by atoms with Crippen LogP contribution >= 0.6 is 0 Å². The highest BCUT2D eigenvalue weighted by molar-refractivity contribution is 5.97. The van der Waals surface area contributed by atoms with Crippen LogP contribution in [0.2, 0.25) is 0 Å². The molecule has 0 bridgehead atoms. The summed E-state index contributed by atoms with van der Waals surface area (Å²) in [5, 5.41) is 21.8. The molecule has 1 atom stereocenters. The first kappa shape index (κ1) is 36.9. The topological polar surface area (TPSA) is 139 Å². The number of rotatable bonds is 11. The van der Waals surface area contributed by atoms with Crippen molar-refractivity contribution in [3.8, 4) is 12.1 Å². The van der Waals surface area contributed by atoms with Gasteiger partial charge < -0.3 is 34.2 Å². The Bertz CT molecular complexity index is 1830. The fourth-order valence-corrected chi connectivity index (χ4v) is 7.49. The van der Waals surface area contributed by atoms with Gasteiger partial charge >= 0.3 is 18.2 Å². The predicted octanol–water partition coefficient (Wildman–Crippen LogP) is 5.68. The number of hydrogen-bond donors (Lipinski definition) is 1. The molecule has 2 aromatic carbocycles. The second-order valence-electron chi connectivity index (χ2n) is 15.6. The molecule has 1 aliphatic carbocycles. The average molecular weight is 713 g/mol. The zero-order valence-electron chi connectivity index (χ0n) is 31.4. The molecule has 1 saturated heterocycles. The molecule has 2 aliphatic heterocycles. The molecule has 1 saturated carbocycles. The van der Waals surface area contributed by atoms with Gasteiger partial charge in [0.15, 0.2) is 0 Å². The van der Waals surface area contributed by atoms with Gasteiger partial charge in [-0.05, 0) is 91.0 Å². The Labute approximate surface area is 306 Å². The first-order valence-electron chi connectivity index (χ1n) is 18.3. The summed E-state index contributed by atoms with van der Waals surface area (Å²) in [6, 6.07) is 14.7. The number of ether oxygens (including phenoxy) is 2. The minimum Gasteiger partial charge on any atom is -0.465 e. The highest BCUT2D eigenvalue weighted by Gasteiger charge is 2.52. The van der Waals surface area contributed by atoms with Crippen molar-refractivity contribution in [1.82, 2.24) is 24.7 Å². The van der Waals surface area contributed by atoms with Crippen LogP contribution in [0, 0.1) is 18.3 Å². The SMILES string of the molecule is Cc1cccc2cccc(N3CCc4c(nc(OCC5(N(CCCN(C)C)C(=O)OC(C)(C)C)CC5)nc4N4CCN(C(=O)O)C(CC#N)C4)C3)c12. The molecule has 13 nitrogen and oxygen atoms in total. The van der Waals surface area contributed by atoms with Crippen LogP contribution in [0.15, 0.2) is 36.4 Å². The van der Waals surface area contributed by atoms with Crippen molar-refractivity contribution in [3.63, 3.8) is 0 Å². The van der Waals surface area contributed by atoms with Crippen LogP contribution in [0.3, 0.4) is 0 Å². The molecule has 2 amide bonds. The molecule has 278 valence electrons. The van der Waals surface area contributed by atoms with Crippen LogP contribution in [-0.2, 0) is 17.7 Å². The Morgan fingerprint density at radius 1 is 1.06 bits per heavy atom. The number of nitrogens with zero attached hydrogens (tertiary/aromatic N) is 8. The molecule has 6 rings (SSSR count). The van der Waals surface area contributed by atoms with Gasteiger partial charge in [0, 0.05) is 49.4 Å². The summed E-state index contributed by atoms with van der Waals surface area (Å²) in [4.78, 5) is 45.4. The monoisotopic (exact) mass is 712 g/mol. The van der Waals surface area contributed by atoms with Crippen LogP contribution in [0.4, 0.5) is 21.1 Å². The summed E-state index contributed by atoms with van der Waals surface area (Å²) in [5.41, 5.74) is 3.07. The standard InChI is InChI=1S/C39H52N8O5/c1-27-10-7-11-28-12-8-13-32(33(27)28)44-21-15-30-31(25-44)41-35(42-34(30)45-22-23-46(36(48)49)29(24-45)14-18-40)51-26-39(16-17-39)47(20-9-19-43(5)6)37(50)52-38(2,3)4/h7-8,10-13,29H,9,14-17,19-26H2,1-6H3,(H,48,49). The van der Waals surface area contributed by atoms with E-state index in [1.165, 1.54) is 21.2 Å². The smallest absolute Gasteiger partial charge is 0.410 e. The molecule has 3 aliphatic rings. The lowest BCUT2D eigenvalue weighted by atomic mass is 9.99. The summed E-state index contributed by atoms with van der Waals surface area (Å²) in [5.74, 6) is 0.724. The van der Waals surface area contributed by atoms with Gasteiger partial charge in [0.2, 0.25) is 0 Å². The van der Waals surface area contributed by atoms with Crippen molar-refractivity contribution in [2.24, 2.45) is 0 Å². The van der Waals surface area contributed by atoms with E-state index in [2.05, 4.69) is 64.1 Å². The first-order chi connectivity index (χ1) is 24.8. The van der Waals surface area contributed by atoms with Crippen LogP contribution < -0.4 is 14.5 Å². The molecule has 0 radical (unpaired) electrons. The van der Waals surface area contributed by atoms with E-state index in [0.29, 0.717) is 32.6 Å². The van der Waals surface area contributed by atoms with Gasteiger partial charge in [-0.15, -0.1) is 0 Å². The molecule has 13 heteroatoms. The van der Waals surface area contributed by atoms with Gasteiger partial charge in [-0.2, -0.15) is 15.2 Å². The third-order valence-corrected chi connectivity index (χ3v) is 10.3. The number of carbonyl (C=O) groups excluding carboxylic acids is 1. The molecule has 1 aromatic heterocycles. The second kappa shape index (κ2) is 15.0. The Balaban J connectivity index is 1.32. The summed E-state index contributed by atoms with van der Waals surface area (Å²) >= 11 is 0. The van der Waals surface area contributed by atoms with Crippen molar-refractivity contribution in [3.05, 3.63) is 53.2 Å². The number of aromatic nitrogens is 2. The van der Waals surface area contributed by atoms with Crippen LogP contribution in [-0.4, -0.2) is 119 Å². The highest BCUT2D eigenvalue weighted by Crippen LogP contribution is 2.43. The molecule has 0 spiro atoms. The summed E-state index contributed by atoms with van der Waals surface area (Å²) < 4.78 is 12.4. The van der Waals surface area contributed by atoms with Gasteiger partial charge in [-0.3, -0.25) is 4.90 Å². The van der Waals surface area contributed by atoms with Crippen molar-refractivity contribution in [1.29, 1.82) is 5.26 Å². The van der Waals surface area contributed by atoms with E-state index < -0.39 is 23.3 Å². The summed E-state index contributed by atoms with van der Waals surface area (Å²) in [6.07, 6.45) is 1.77. The summed E-state index contributed by atoms with van der Waals surface area (Å²) in [7, 11) is 4.04. The van der Waals surface area contributed by atoms with E-state index in [1.807, 2.05) is 39.8 Å². The lowest BCUT2D eigenvalue weighted by Gasteiger charge is -2.41. The number of aryl methyl sites for hydroxylation is 1. The number of piperazine rings is 1. The minimum atomic E-state index is -1.02. The maximum atomic E-state index is 13.6. The number of carboxylic acid groups (broad SMARTS) is 1. The van der Waals surface area contributed by atoms with Crippen LogP contribution in [0.1, 0.15) is 63.3 Å². The number of hydrogen-bond acceptors (Lipinski definition) is 10. The van der Waals surface area contributed by atoms with E-state index in [4.69, 9.17) is 19.4 Å². The number of amides is 2. The minimum absolute atomic E-state index is 0.0878. The maximum absolute atomic E-state index is 13.6. The normalized spacial score (nSPS) is 18.2. The third kappa shape index (κ3) is 8.12. The van der Waals surface area contributed by atoms with Crippen molar-refractivity contribution < 1.29 is 24.2 Å². The van der Waals surface area contributed by atoms with Gasteiger partial charge in [-0.1, -0.05) is 30.3 Å². The van der Waals surface area contributed by atoms with Crippen molar-refractivity contribution in [2.75, 3.05) is 69.8 Å². The highest BCUT2D eigenvalue weighted by atomic mass is 16.6. The van der Waals surface area contributed by atoms with Crippen LogP contribution in [0.25, 0.3) is 10.8 Å². The Morgan fingerprint density at radius 3 is 2.48 bits per heavy atom. The largest absolute Gasteiger partial charge is 0.465 e. The Hall–Kier alpha value is -4.83. The first-order valence-corrected chi connectivity index (χ1v) is 18.3. The Morgan fingerprint density at radius 2 is 1.81 bits per heavy atom. The van der Waals surface area contributed by atoms with E-state index in [-0.39, 0.29) is 31.7 Å². The second-order valence-corrected chi connectivity index (χ2v) is 15.6. The molecule has 3 heterocycles. The maximum Gasteiger partial charge on any atom is 0.410 e. The number of fused-ring (bicyclic) bond motifs is 2. The van der Waals surface area contributed by atoms with Gasteiger partial charge in [-0.25, -0.2) is 9.59 Å². The zero-order valence-corrected chi connectivity index (χ0v) is 31.4. The molecule has 52 heavy (non-hydrogen) atoms. The molecule has 1 N–H and O–H groups in total. The van der Waals surface area contributed by atoms with E-state index in [9.17, 15) is 20.0 Å². The molecule has 1 unspecified atom stereocenters. The van der Waals surface area contributed by atoms with Crippen molar-refractivity contribution in [2.45, 2.75) is 83.5 Å². The molecule has 3 aromatic rings. The lowest BCUT2D eigenvalue weighted by Crippen LogP contribution is -2.55.